The molecule has 39 heavy (non-hydrogen) atoms. The maximum Gasteiger partial charge on any atom is 0.238 e. The first-order valence-electron chi connectivity index (χ1n) is 12.0. The molecule has 12 heteroatoms. The molecular formula is C27H30N6O4S2. The Morgan fingerprint density at radius 1 is 0.949 bits per heavy atom. The van der Waals surface area contributed by atoms with E-state index >= 15 is 0 Å². The highest BCUT2D eigenvalue weighted by Crippen LogP contribution is 2.29. The van der Waals surface area contributed by atoms with Gasteiger partial charge in [-0.05, 0) is 72.8 Å². The number of hydrogen-bond acceptors (Lipinski definition) is 8. The van der Waals surface area contributed by atoms with E-state index in [2.05, 4.69) is 21.5 Å². The molecule has 1 aromatic heterocycles. The summed E-state index contributed by atoms with van der Waals surface area (Å²) in [7, 11) is -6.61. The van der Waals surface area contributed by atoms with Crippen LogP contribution < -0.4 is 25.6 Å². The molecule has 4 aromatic rings. The minimum atomic E-state index is -3.74. The highest BCUT2D eigenvalue weighted by atomic mass is 32.2. The largest absolute Gasteiger partial charge is 0.494 e. The van der Waals surface area contributed by atoms with Gasteiger partial charge >= 0.3 is 0 Å². The first kappa shape index (κ1) is 28.0. The lowest BCUT2D eigenvalue weighted by atomic mass is 10.1. The molecule has 4 rings (SSSR count). The average molecular weight is 567 g/mol. The van der Waals surface area contributed by atoms with E-state index in [1.165, 1.54) is 12.1 Å². The van der Waals surface area contributed by atoms with Crippen molar-refractivity contribution in [2.75, 3.05) is 23.8 Å². The fraction of sp³-hybridized carbons (Fsp3) is 0.148. The quantitative estimate of drug-likeness (QED) is 0.200. The topological polar surface area (TPSA) is 162 Å². The van der Waals surface area contributed by atoms with Crippen molar-refractivity contribution in [1.82, 2.24) is 9.97 Å². The molecule has 0 aliphatic carbocycles. The van der Waals surface area contributed by atoms with Crippen molar-refractivity contribution in [2.45, 2.75) is 23.1 Å². The first-order chi connectivity index (χ1) is 18.5. The molecule has 1 atom stereocenters. The zero-order chi connectivity index (χ0) is 28.0. The number of anilines is 3. The number of nitrogens with one attached hydrogen (secondary N) is 2. The zero-order valence-electron chi connectivity index (χ0n) is 21.3. The van der Waals surface area contributed by atoms with E-state index in [0.29, 0.717) is 41.9 Å². The van der Waals surface area contributed by atoms with E-state index in [1.807, 2.05) is 31.2 Å². The van der Waals surface area contributed by atoms with Gasteiger partial charge in [0.1, 0.15) is 11.6 Å². The van der Waals surface area contributed by atoms with Crippen LogP contribution in [0, 0.1) is 0 Å². The lowest BCUT2D eigenvalue weighted by Gasteiger charge is -2.14. The Hall–Kier alpha value is -3.97. The van der Waals surface area contributed by atoms with Crippen molar-refractivity contribution in [2.24, 2.45) is 10.3 Å². The molecule has 6 N–H and O–H groups in total. The zero-order valence-corrected chi connectivity index (χ0v) is 23.0. The third-order valence-electron chi connectivity index (χ3n) is 5.71. The summed E-state index contributed by atoms with van der Waals surface area (Å²) in [6.45, 7) is 3.01. The van der Waals surface area contributed by atoms with Gasteiger partial charge in [-0.15, -0.1) is 0 Å². The van der Waals surface area contributed by atoms with E-state index in [4.69, 9.17) is 20.0 Å². The summed E-state index contributed by atoms with van der Waals surface area (Å²) < 4.78 is 40.8. The summed E-state index contributed by atoms with van der Waals surface area (Å²) in [5.41, 5.74) is 3.22. The highest BCUT2D eigenvalue weighted by molar-refractivity contribution is 7.98. The monoisotopic (exact) mass is 566 g/mol. The first-order valence-corrected chi connectivity index (χ1v) is 15.3. The molecule has 0 radical (unpaired) electrons. The predicted octanol–water partition coefficient (Wildman–Crippen LogP) is 3.54. The molecule has 0 fully saturated rings. The van der Waals surface area contributed by atoms with E-state index < -0.39 is 19.7 Å². The van der Waals surface area contributed by atoms with Gasteiger partial charge in [-0.25, -0.2) is 22.7 Å². The van der Waals surface area contributed by atoms with Crippen LogP contribution >= 0.6 is 0 Å². The number of sulfonamides is 1. The van der Waals surface area contributed by atoms with Gasteiger partial charge in [-0.1, -0.05) is 30.3 Å². The van der Waals surface area contributed by atoms with E-state index in [9.17, 15) is 12.6 Å². The number of nitrogens with zero attached hydrogens (tertiary/aromatic N) is 2. The van der Waals surface area contributed by atoms with Crippen LogP contribution in [0.2, 0.25) is 0 Å². The van der Waals surface area contributed by atoms with Crippen LogP contribution in [0.3, 0.4) is 0 Å². The lowest BCUT2D eigenvalue weighted by Crippen LogP contribution is -2.13. The summed E-state index contributed by atoms with van der Waals surface area (Å²) >= 11 is 0. The molecule has 0 aliphatic rings. The molecular weight excluding hydrogens is 536 g/mol. The van der Waals surface area contributed by atoms with E-state index in [-0.39, 0.29) is 4.90 Å². The molecule has 0 amide bonds. The van der Waals surface area contributed by atoms with Crippen LogP contribution in [0.25, 0.3) is 11.1 Å². The average Bonchev–Trinajstić information content (AvgIpc) is 2.89. The second-order valence-corrected chi connectivity index (χ2v) is 12.1. The molecule has 1 heterocycles. The van der Waals surface area contributed by atoms with Gasteiger partial charge in [-0.2, -0.15) is 4.98 Å². The Morgan fingerprint density at radius 2 is 1.67 bits per heavy atom. The molecule has 1 unspecified atom stereocenters. The Labute approximate surface area is 228 Å². The van der Waals surface area contributed by atoms with Crippen LogP contribution in [-0.4, -0.2) is 41.6 Å². The molecule has 0 saturated carbocycles. The summed E-state index contributed by atoms with van der Waals surface area (Å²) in [4.78, 5) is 9.65. The third kappa shape index (κ3) is 7.54. The van der Waals surface area contributed by atoms with Gasteiger partial charge in [0.15, 0.2) is 0 Å². The fourth-order valence-corrected chi connectivity index (χ4v) is 4.93. The molecule has 3 aromatic carbocycles. The third-order valence-corrected chi connectivity index (χ3v) is 7.69. The van der Waals surface area contributed by atoms with E-state index in [1.54, 1.807) is 42.6 Å². The van der Waals surface area contributed by atoms with Gasteiger partial charge in [0.05, 0.1) is 21.2 Å². The smallest absolute Gasteiger partial charge is 0.238 e. The number of benzene rings is 3. The molecule has 0 aliphatic heterocycles. The number of hydrogen-bond donors (Lipinski definition) is 4. The maximum atomic E-state index is 12.2. The predicted molar refractivity (Wildman–Crippen MR) is 156 cm³/mol. The normalized spacial score (nSPS) is 12.9. The van der Waals surface area contributed by atoms with Crippen molar-refractivity contribution < 1.29 is 17.4 Å². The lowest BCUT2D eigenvalue weighted by molar-refractivity contribution is 0.340. The van der Waals surface area contributed by atoms with Crippen molar-refractivity contribution in [3.8, 4) is 16.9 Å². The number of rotatable bonds is 11. The Bertz CT molecular complexity index is 1660. The number of primary sulfonamides is 1. The van der Waals surface area contributed by atoms with Crippen LogP contribution in [0.1, 0.15) is 12.5 Å². The Morgan fingerprint density at radius 3 is 2.31 bits per heavy atom. The molecule has 204 valence electrons. The van der Waals surface area contributed by atoms with Crippen molar-refractivity contribution in [1.29, 1.82) is 0 Å². The molecule has 0 bridgehead atoms. The summed E-state index contributed by atoms with van der Waals surface area (Å²) in [6.07, 6.45) is 2.32. The fourth-order valence-electron chi connectivity index (χ4n) is 3.77. The minimum Gasteiger partial charge on any atom is -0.494 e. The number of nitrogens with two attached hydrogens (primary N) is 2. The molecule has 10 nitrogen and oxygen atoms in total. The number of aromatic nitrogens is 2. The second-order valence-electron chi connectivity index (χ2n) is 8.66. The van der Waals surface area contributed by atoms with Gasteiger partial charge in [0.2, 0.25) is 16.0 Å². The number of ether oxygens (including phenoxy) is 1. The van der Waals surface area contributed by atoms with Crippen molar-refractivity contribution >= 4 is 43.1 Å². The molecule has 0 spiro atoms. The van der Waals surface area contributed by atoms with Gasteiger partial charge < -0.3 is 15.4 Å². The van der Waals surface area contributed by atoms with Gasteiger partial charge in [-0.3, -0.25) is 5.14 Å². The Balaban J connectivity index is 1.58. The summed E-state index contributed by atoms with van der Waals surface area (Å²) in [5.74, 6) is 5.22. The van der Waals surface area contributed by atoms with E-state index in [0.717, 1.165) is 22.4 Å². The summed E-state index contributed by atoms with van der Waals surface area (Å²) in [5, 5.41) is 17.4. The molecule has 0 saturated heterocycles. The van der Waals surface area contributed by atoms with Crippen LogP contribution in [0.5, 0.6) is 5.75 Å². The standard InChI is InChI=1S/C27H30N6O4S2/c1-3-37-22-11-9-20(10-12-22)25-18-31-27(32-21-5-4-6-24(17-21)38(2,28)34)33-26(25)30-16-15-19-7-13-23(14-8-19)39(29,35)36/h4-14,17-18H,2-3,15-16H2,1H3,(H2,28,34)(H2,29,35,36)(H2,30,31,32,33). The van der Waals surface area contributed by atoms with Crippen LogP contribution in [-0.2, 0) is 26.2 Å². The van der Waals surface area contributed by atoms with Crippen LogP contribution in [0.4, 0.5) is 17.5 Å². The summed E-state index contributed by atoms with van der Waals surface area (Å²) in [6, 6.07) is 20.9. The SMILES string of the molecule is C=S(N)(=O)c1cccc(Nc2ncc(-c3ccc(OCC)cc3)c(NCCc3ccc(S(N)(=O)=O)cc3)n2)c1. The van der Waals surface area contributed by atoms with Crippen LogP contribution in [0.15, 0.2) is 88.8 Å². The maximum absolute atomic E-state index is 12.2. The van der Waals surface area contributed by atoms with Gasteiger partial charge in [0, 0.05) is 28.9 Å². The van der Waals surface area contributed by atoms with Crippen molar-refractivity contribution in [3.05, 3.63) is 84.6 Å². The second kappa shape index (κ2) is 11.8. The Kier molecular flexibility index (Phi) is 8.51. The highest BCUT2D eigenvalue weighted by Gasteiger charge is 2.12. The van der Waals surface area contributed by atoms with Gasteiger partial charge in [0.25, 0.3) is 0 Å². The minimum absolute atomic E-state index is 0.0666. The van der Waals surface area contributed by atoms with Crippen molar-refractivity contribution in [3.63, 3.8) is 0 Å².